The van der Waals surface area contributed by atoms with Crippen LogP contribution >= 0.6 is 11.8 Å². The van der Waals surface area contributed by atoms with Crippen LogP contribution in [-0.2, 0) is 5.75 Å². The number of rotatable bonds is 6. The first kappa shape index (κ1) is 15.1. The lowest BCUT2D eigenvalue weighted by Gasteiger charge is -2.04. The molecule has 0 spiro atoms. The normalized spacial score (nSPS) is 14.0. The molecule has 7 nitrogen and oxygen atoms in total. The summed E-state index contributed by atoms with van der Waals surface area (Å²) in [5.74, 6) is 9.76. The molecular formula is C16H17N5O2S. The van der Waals surface area contributed by atoms with Gasteiger partial charge in [0.1, 0.15) is 11.5 Å². The number of nitrogens with zero attached hydrogens (tertiary/aromatic N) is 4. The number of nitrogens with two attached hydrogens (primary N) is 1. The molecule has 0 unspecified atom stereocenters. The van der Waals surface area contributed by atoms with E-state index in [2.05, 4.69) is 15.2 Å². The van der Waals surface area contributed by atoms with Gasteiger partial charge in [-0.25, -0.2) is 9.66 Å². The van der Waals surface area contributed by atoms with E-state index < -0.39 is 0 Å². The van der Waals surface area contributed by atoms with Crippen LogP contribution in [0, 0.1) is 0 Å². The van der Waals surface area contributed by atoms with E-state index in [0.29, 0.717) is 22.7 Å². The number of methoxy groups -OCH3 is 1. The van der Waals surface area contributed by atoms with Crippen molar-refractivity contribution in [2.45, 2.75) is 29.7 Å². The number of aromatic nitrogens is 4. The summed E-state index contributed by atoms with van der Waals surface area (Å²) in [6.45, 7) is 0. The zero-order valence-electron chi connectivity index (χ0n) is 13.2. The Balaban J connectivity index is 1.50. The molecule has 8 heteroatoms. The van der Waals surface area contributed by atoms with Crippen LogP contribution in [0.4, 0.5) is 0 Å². The molecule has 2 N–H and O–H groups in total. The molecule has 1 aliphatic carbocycles. The number of oxazole rings is 1. The van der Waals surface area contributed by atoms with Gasteiger partial charge >= 0.3 is 0 Å². The predicted molar refractivity (Wildman–Crippen MR) is 90.2 cm³/mol. The van der Waals surface area contributed by atoms with Crippen LogP contribution in [0.15, 0.2) is 40.2 Å². The molecule has 2 aromatic heterocycles. The SMILES string of the molecule is COc1ccc(-c2nnc(SCc3ncoc3C3CC3)n2N)cc1. The summed E-state index contributed by atoms with van der Waals surface area (Å²) in [7, 11) is 1.63. The Morgan fingerprint density at radius 2 is 2.08 bits per heavy atom. The van der Waals surface area contributed by atoms with Crippen molar-refractivity contribution in [3.05, 3.63) is 42.1 Å². The molecule has 2 heterocycles. The molecular weight excluding hydrogens is 326 g/mol. The topological polar surface area (TPSA) is 92.0 Å². The molecule has 0 atom stereocenters. The van der Waals surface area contributed by atoms with E-state index in [0.717, 1.165) is 22.8 Å². The molecule has 0 radical (unpaired) electrons. The summed E-state index contributed by atoms with van der Waals surface area (Å²) in [4.78, 5) is 4.31. The maximum absolute atomic E-state index is 6.15. The summed E-state index contributed by atoms with van der Waals surface area (Å²) in [6, 6.07) is 7.55. The summed E-state index contributed by atoms with van der Waals surface area (Å²) in [5.41, 5.74) is 1.86. The number of thioether (sulfide) groups is 1. The number of hydrogen-bond acceptors (Lipinski definition) is 7. The van der Waals surface area contributed by atoms with Gasteiger partial charge < -0.3 is 15.0 Å². The minimum atomic E-state index is 0.536. The third kappa shape index (κ3) is 2.84. The van der Waals surface area contributed by atoms with Crippen LogP contribution in [0.2, 0.25) is 0 Å². The second-order valence-electron chi connectivity index (χ2n) is 5.63. The molecule has 0 saturated heterocycles. The van der Waals surface area contributed by atoms with Gasteiger partial charge in [-0.15, -0.1) is 10.2 Å². The Kier molecular flexibility index (Phi) is 3.89. The third-order valence-electron chi connectivity index (χ3n) is 3.97. The third-order valence-corrected chi connectivity index (χ3v) is 4.93. The minimum absolute atomic E-state index is 0.536. The van der Waals surface area contributed by atoms with Gasteiger partial charge in [0.25, 0.3) is 0 Å². The fourth-order valence-electron chi connectivity index (χ4n) is 2.51. The highest BCUT2D eigenvalue weighted by Gasteiger charge is 2.30. The largest absolute Gasteiger partial charge is 0.497 e. The minimum Gasteiger partial charge on any atom is -0.497 e. The predicted octanol–water partition coefficient (Wildman–Crippen LogP) is 2.83. The highest BCUT2D eigenvalue weighted by molar-refractivity contribution is 7.98. The van der Waals surface area contributed by atoms with Crippen molar-refractivity contribution in [2.24, 2.45) is 0 Å². The summed E-state index contributed by atoms with van der Waals surface area (Å²) >= 11 is 1.50. The molecule has 124 valence electrons. The second-order valence-corrected chi connectivity index (χ2v) is 6.57. The van der Waals surface area contributed by atoms with E-state index in [1.165, 1.54) is 35.7 Å². The van der Waals surface area contributed by atoms with E-state index >= 15 is 0 Å². The average molecular weight is 343 g/mol. The van der Waals surface area contributed by atoms with Crippen molar-refractivity contribution in [1.82, 2.24) is 19.9 Å². The standard InChI is InChI=1S/C16H17N5O2S/c1-22-12-6-4-11(5-7-12)15-19-20-16(21(15)17)24-8-13-14(10-2-3-10)23-9-18-13/h4-7,9-10H,2-3,8,17H2,1H3. The van der Waals surface area contributed by atoms with Crippen molar-refractivity contribution < 1.29 is 9.15 Å². The van der Waals surface area contributed by atoms with Crippen LogP contribution in [0.25, 0.3) is 11.4 Å². The maximum Gasteiger partial charge on any atom is 0.210 e. The fraction of sp³-hybridized carbons (Fsp3) is 0.312. The zero-order chi connectivity index (χ0) is 16.5. The van der Waals surface area contributed by atoms with Crippen molar-refractivity contribution in [2.75, 3.05) is 13.0 Å². The molecule has 3 aromatic rings. The van der Waals surface area contributed by atoms with Gasteiger partial charge in [0.05, 0.1) is 12.8 Å². The Labute approximate surface area is 143 Å². The number of hydrogen-bond donors (Lipinski definition) is 1. The lowest BCUT2D eigenvalue weighted by molar-refractivity contribution is 0.415. The maximum atomic E-state index is 6.15. The Morgan fingerprint density at radius 3 is 2.79 bits per heavy atom. The fourth-order valence-corrected chi connectivity index (χ4v) is 3.32. The van der Waals surface area contributed by atoms with Crippen LogP contribution in [0.5, 0.6) is 5.75 Å². The van der Waals surface area contributed by atoms with Crippen LogP contribution in [-0.4, -0.2) is 27.0 Å². The first-order valence-corrected chi connectivity index (χ1v) is 8.65. The van der Waals surface area contributed by atoms with Gasteiger partial charge in [0.2, 0.25) is 5.16 Å². The van der Waals surface area contributed by atoms with Gasteiger partial charge in [-0.2, -0.15) is 0 Å². The number of ether oxygens (including phenoxy) is 1. The quantitative estimate of drug-likeness (QED) is 0.543. The van der Waals surface area contributed by atoms with E-state index in [1.54, 1.807) is 7.11 Å². The molecule has 1 aromatic carbocycles. The van der Waals surface area contributed by atoms with Crippen molar-refractivity contribution in [1.29, 1.82) is 0 Å². The zero-order valence-corrected chi connectivity index (χ0v) is 14.0. The van der Waals surface area contributed by atoms with Gasteiger partial charge in [-0.1, -0.05) is 11.8 Å². The van der Waals surface area contributed by atoms with Crippen LogP contribution in [0.3, 0.4) is 0 Å². The van der Waals surface area contributed by atoms with E-state index in [-0.39, 0.29) is 0 Å². The molecule has 1 fully saturated rings. The molecule has 0 aliphatic heterocycles. The first-order valence-electron chi connectivity index (χ1n) is 7.66. The van der Waals surface area contributed by atoms with Crippen LogP contribution in [0.1, 0.15) is 30.2 Å². The lowest BCUT2D eigenvalue weighted by atomic mass is 10.2. The van der Waals surface area contributed by atoms with E-state index in [1.807, 2.05) is 24.3 Å². The Hall–Kier alpha value is -2.48. The van der Waals surface area contributed by atoms with Gasteiger partial charge in [-0.05, 0) is 37.1 Å². The van der Waals surface area contributed by atoms with Crippen molar-refractivity contribution in [3.63, 3.8) is 0 Å². The first-order chi connectivity index (χ1) is 11.8. The highest BCUT2D eigenvalue weighted by Crippen LogP contribution is 2.42. The van der Waals surface area contributed by atoms with Crippen molar-refractivity contribution >= 4 is 11.8 Å². The molecule has 0 amide bonds. The van der Waals surface area contributed by atoms with Gasteiger partial charge in [-0.3, -0.25) is 0 Å². The molecule has 1 aliphatic rings. The summed E-state index contributed by atoms with van der Waals surface area (Å²) in [5, 5.41) is 9.02. The highest BCUT2D eigenvalue weighted by atomic mass is 32.2. The molecule has 0 bridgehead atoms. The average Bonchev–Trinajstić information content (AvgIpc) is 3.24. The van der Waals surface area contributed by atoms with E-state index in [9.17, 15) is 0 Å². The van der Waals surface area contributed by atoms with E-state index in [4.69, 9.17) is 15.0 Å². The molecule has 24 heavy (non-hydrogen) atoms. The van der Waals surface area contributed by atoms with Gasteiger partial charge in [0.15, 0.2) is 12.2 Å². The lowest BCUT2D eigenvalue weighted by Crippen LogP contribution is -2.11. The summed E-state index contributed by atoms with van der Waals surface area (Å²) in [6.07, 6.45) is 3.88. The molecule has 4 rings (SSSR count). The molecule has 1 saturated carbocycles. The summed E-state index contributed by atoms with van der Waals surface area (Å²) < 4.78 is 12.2. The number of nitrogen functional groups attached to an aromatic ring is 1. The number of benzene rings is 1. The second kappa shape index (κ2) is 6.20. The van der Waals surface area contributed by atoms with Gasteiger partial charge in [0, 0.05) is 17.2 Å². The smallest absolute Gasteiger partial charge is 0.210 e. The Bertz CT molecular complexity index is 839. The monoisotopic (exact) mass is 343 g/mol. The Morgan fingerprint density at radius 1 is 1.29 bits per heavy atom. The van der Waals surface area contributed by atoms with Crippen molar-refractivity contribution in [3.8, 4) is 17.1 Å². The van der Waals surface area contributed by atoms with Crippen LogP contribution < -0.4 is 10.6 Å².